The van der Waals surface area contributed by atoms with E-state index in [9.17, 15) is 4.79 Å². The normalized spacial score (nSPS) is 10.8. The number of nitrogens with one attached hydrogen (secondary N) is 2. The van der Waals surface area contributed by atoms with Crippen LogP contribution in [0.25, 0.3) is 16.8 Å². The highest BCUT2D eigenvalue weighted by Crippen LogP contribution is 2.22. The van der Waals surface area contributed by atoms with Crippen molar-refractivity contribution < 1.29 is 4.79 Å². The topological polar surface area (TPSA) is 41.1 Å². The van der Waals surface area contributed by atoms with Crippen molar-refractivity contribution in [3.63, 3.8) is 0 Å². The van der Waals surface area contributed by atoms with Gasteiger partial charge in [0.25, 0.3) is 0 Å². The number of hydrogen-bond acceptors (Lipinski definition) is 1. The molecule has 0 saturated carbocycles. The Morgan fingerprint density at radius 1 is 0.913 bits per heavy atom. The van der Waals surface area contributed by atoms with Gasteiger partial charge in [-0.3, -0.25) is 0 Å². The number of urea groups is 1. The summed E-state index contributed by atoms with van der Waals surface area (Å²) < 4.78 is 0. The summed E-state index contributed by atoms with van der Waals surface area (Å²) in [6.45, 7) is 0. The SMILES string of the molecule is O=C(N/C=C/c1ccccc1Cl)Nc1cccc2ccccc12. The van der Waals surface area contributed by atoms with Gasteiger partial charge in [-0.25, -0.2) is 4.79 Å². The van der Waals surface area contributed by atoms with Crippen LogP contribution >= 0.6 is 11.6 Å². The Balaban J connectivity index is 1.69. The van der Waals surface area contributed by atoms with Crippen LogP contribution in [0.5, 0.6) is 0 Å². The highest BCUT2D eigenvalue weighted by Gasteiger charge is 2.03. The Morgan fingerprint density at radius 2 is 1.65 bits per heavy atom. The number of rotatable bonds is 3. The second-order valence-electron chi connectivity index (χ2n) is 4.98. The number of anilines is 1. The molecule has 0 spiro atoms. The second-order valence-corrected chi connectivity index (χ2v) is 5.39. The average molecular weight is 323 g/mol. The average Bonchev–Trinajstić information content (AvgIpc) is 2.57. The molecular weight excluding hydrogens is 308 g/mol. The van der Waals surface area contributed by atoms with Crippen molar-refractivity contribution >= 4 is 40.2 Å². The van der Waals surface area contributed by atoms with Gasteiger partial charge in [0.15, 0.2) is 0 Å². The lowest BCUT2D eigenvalue weighted by molar-refractivity contribution is 0.255. The van der Waals surface area contributed by atoms with E-state index in [1.807, 2.05) is 60.7 Å². The van der Waals surface area contributed by atoms with Gasteiger partial charge in [0.05, 0.1) is 5.69 Å². The van der Waals surface area contributed by atoms with Gasteiger partial charge >= 0.3 is 6.03 Å². The molecule has 0 heterocycles. The lowest BCUT2D eigenvalue weighted by Gasteiger charge is -2.08. The molecule has 0 aliphatic rings. The van der Waals surface area contributed by atoms with E-state index in [1.54, 1.807) is 18.3 Å². The number of fused-ring (bicyclic) bond motifs is 1. The molecule has 23 heavy (non-hydrogen) atoms. The summed E-state index contributed by atoms with van der Waals surface area (Å²) in [6.07, 6.45) is 3.33. The smallest absolute Gasteiger partial charge is 0.314 e. The van der Waals surface area contributed by atoms with Crippen LogP contribution in [0.15, 0.2) is 72.9 Å². The molecule has 0 unspecified atom stereocenters. The Morgan fingerprint density at radius 3 is 2.52 bits per heavy atom. The van der Waals surface area contributed by atoms with Crippen molar-refractivity contribution in [1.29, 1.82) is 0 Å². The van der Waals surface area contributed by atoms with E-state index >= 15 is 0 Å². The molecule has 0 aliphatic heterocycles. The molecule has 0 saturated heterocycles. The fourth-order valence-corrected chi connectivity index (χ4v) is 2.51. The number of hydrogen-bond donors (Lipinski definition) is 2. The fourth-order valence-electron chi connectivity index (χ4n) is 2.31. The number of halogens is 1. The third kappa shape index (κ3) is 3.71. The Hall–Kier alpha value is -2.78. The lowest BCUT2D eigenvalue weighted by atomic mass is 10.1. The summed E-state index contributed by atoms with van der Waals surface area (Å²) in [5, 5.41) is 8.25. The molecule has 3 nitrogen and oxygen atoms in total. The Bertz CT molecular complexity index is 869. The van der Waals surface area contributed by atoms with Crippen LogP contribution in [-0.2, 0) is 0 Å². The number of amides is 2. The maximum absolute atomic E-state index is 12.0. The number of carbonyl (C=O) groups is 1. The molecule has 0 atom stereocenters. The second kappa shape index (κ2) is 6.99. The van der Waals surface area contributed by atoms with Crippen LogP contribution in [-0.4, -0.2) is 6.03 Å². The summed E-state index contributed by atoms with van der Waals surface area (Å²) in [6, 6.07) is 20.8. The maximum atomic E-state index is 12.0. The van der Waals surface area contributed by atoms with Gasteiger partial charge < -0.3 is 10.6 Å². The van der Waals surface area contributed by atoms with Crippen LogP contribution in [0.4, 0.5) is 10.5 Å². The van der Waals surface area contributed by atoms with E-state index in [-0.39, 0.29) is 6.03 Å². The molecule has 3 rings (SSSR count). The molecule has 0 bridgehead atoms. The van der Waals surface area contributed by atoms with Gasteiger partial charge in [-0.05, 0) is 29.2 Å². The predicted molar refractivity (Wildman–Crippen MR) is 96.6 cm³/mol. The molecule has 0 aliphatic carbocycles. The monoisotopic (exact) mass is 322 g/mol. The zero-order valence-electron chi connectivity index (χ0n) is 12.3. The third-order valence-electron chi connectivity index (χ3n) is 3.42. The van der Waals surface area contributed by atoms with Crippen LogP contribution in [0.2, 0.25) is 5.02 Å². The standard InChI is InChI=1S/C19H15ClN2O/c20-17-10-4-2-7-15(17)12-13-21-19(23)22-18-11-5-8-14-6-1-3-9-16(14)18/h1-13H,(H2,21,22,23)/b13-12+. The van der Waals surface area contributed by atoms with Crippen molar-refractivity contribution in [2.75, 3.05) is 5.32 Å². The van der Waals surface area contributed by atoms with E-state index in [4.69, 9.17) is 11.6 Å². The van der Waals surface area contributed by atoms with Crippen LogP contribution in [0.3, 0.4) is 0 Å². The molecule has 2 N–H and O–H groups in total. The first-order valence-electron chi connectivity index (χ1n) is 7.20. The summed E-state index contributed by atoms with van der Waals surface area (Å²) >= 11 is 6.06. The first-order valence-corrected chi connectivity index (χ1v) is 7.58. The van der Waals surface area contributed by atoms with Gasteiger partial charge in [0.2, 0.25) is 0 Å². The zero-order valence-corrected chi connectivity index (χ0v) is 13.0. The molecule has 0 aromatic heterocycles. The lowest BCUT2D eigenvalue weighted by Crippen LogP contribution is -2.23. The highest BCUT2D eigenvalue weighted by molar-refractivity contribution is 6.32. The van der Waals surface area contributed by atoms with E-state index in [0.717, 1.165) is 22.0 Å². The van der Waals surface area contributed by atoms with Gasteiger partial charge in [-0.2, -0.15) is 0 Å². The van der Waals surface area contributed by atoms with Crippen LogP contribution in [0.1, 0.15) is 5.56 Å². The molecular formula is C19H15ClN2O. The predicted octanol–water partition coefficient (Wildman–Crippen LogP) is 5.29. The molecule has 3 aromatic carbocycles. The van der Waals surface area contributed by atoms with Crippen LogP contribution in [0, 0.1) is 0 Å². The summed E-state index contributed by atoms with van der Waals surface area (Å²) in [4.78, 5) is 12.0. The minimum atomic E-state index is -0.301. The van der Waals surface area contributed by atoms with Crippen molar-refractivity contribution in [3.05, 3.63) is 83.5 Å². The van der Waals surface area contributed by atoms with Crippen molar-refractivity contribution in [2.24, 2.45) is 0 Å². The van der Waals surface area contributed by atoms with Gasteiger partial charge in [0.1, 0.15) is 0 Å². The van der Waals surface area contributed by atoms with Gasteiger partial charge in [-0.1, -0.05) is 66.2 Å². The molecule has 114 valence electrons. The maximum Gasteiger partial charge on any atom is 0.323 e. The van der Waals surface area contributed by atoms with Crippen molar-refractivity contribution in [1.82, 2.24) is 5.32 Å². The zero-order chi connectivity index (χ0) is 16.1. The minimum Gasteiger partial charge on any atom is -0.314 e. The van der Waals surface area contributed by atoms with Gasteiger partial charge in [0, 0.05) is 16.6 Å². The molecule has 2 amide bonds. The van der Waals surface area contributed by atoms with Crippen molar-refractivity contribution in [2.45, 2.75) is 0 Å². The van der Waals surface area contributed by atoms with E-state index in [2.05, 4.69) is 10.6 Å². The van der Waals surface area contributed by atoms with Gasteiger partial charge in [-0.15, -0.1) is 0 Å². The van der Waals surface area contributed by atoms with Crippen LogP contribution < -0.4 is 10.6 Å². The highest BCUT2D eigenvalue weighted by atomic mass is 35.5. The molecule has 0 radical (unpaired) electrons. The number of benzene rings is 3. The van der Waals surface area contributed by atoms with E-state index in [0.29, 0.717) is 5.02 Å². The largest absolute Gasteiger partial charge is 0.323 e. The minimum absolute atomic E-state index is 0.301. The molecule has 3 aromatic rings. The van der Waals surface area contributed by atoms with E-state index < -0.39 is 0 Å². The van der Waals surface area contributed by atoms with Crippen molar-refractivity contribution in [3.8, 4) is 0 Å². The van der Waals surface area contributed by atoms with E-state index in [1.165, 1.54) is 0 Å². The quantitative estimate of drug-likeness (QED) is 0.676. The summed E-state index contributed by atoms with van der Waals surface area (Å²) in [5.74, 6) is 0. The number of carbonyl (C=O) groups excluding carboxylic acids is 1. The first kappa shape index (κ1) is 15.1. The molecule has 4 heteroatoms. The summed E-state index contributed by atoms with van der Waals surface area (Å²) in [7, 11) is 0. The molecule has 0 fully saturated rings. The Labute approximate surface area is 139 Å². The summed E-state index contributed by atoms with van der Waals surface area (Å²) in [5.41, 5.74) is 1.62. The Kier molecular flexibility index (Phi) is 4.60. The fraction of sp³-hybridized carbons (Fsp3) is 0. The first-order chi connectivity index (χ1) is 11.2. The third-order valence-corrected chi connectivity index (χ3v) is 3.76.